The summed E-state index contributed by atoms with van der Waals surface area (Å²) in [5, 5.41) is 9.27. The van der Waals surface area contributed by atoms with Crippen LogP contribution < -0.4 is 11.0 Å². The van der Waals surface area contributed by atoms with Gasteiger partial charge in [-0.2, -0.15) is 0 Å². The molecule has 0 saturated carbocycles. The number of aromatic carboxylic acids is 1. The predicted molar refractivity (Wildman–Crippen MR) is 72.3 cm³/mol. The molecule has 2 heterocycles. The van der Waals surface area contributed by atoms with Crippen molar-refractivity contribution in [2.75, 3.05) is 0 Å². The number of aromatic amines is 1. The van der Waals surface area contributed by atoms with Gasteiger partial charge in [0.05, 0.1) is 5.52 Å². The van der Waals surface area contributed by atoms with Crippen LogP contribution in [0.3, 0.4) is 0 Å². The molecule has 0 spiro atoms. The second-order valence-electron chi connectivity index (χ2n) is 4.44. The summed E-state index contributed by atoms with van der Waals surface area (Å²) in [6, 6.07) is 6.00. The Bertz CT molecular complexity index is 980. The van der Waals surface area contributed by atoms with Gasteiger partial charge in [0.15, 0.2) is 11.0 Å². The lowest BCUT2D eigenvalue weighted by molar-refractivity contribution is 0.0663. The van der Waals surface area contributed by atoms with Crippen LogP contribution in [0.15, 0.2) is 38.3 Å². The lowest BCUT2D eigenvalue weighted by atomic mass is 10.1. The van der Waals surface area contributed by atoms with E-state index in [1.54, 1.807) is 25.1 Å². The van der Waals surface area contributed by atoms with Crippen molar-refractivity contribution in [3.8, 4) is 0 Å². The fraction of sp³-hybridized carbons (Fsp3) is 0.0714. The van der Waals surface area contributed by atoms with Gasteiger partial charge in [0.1, 0.15) is 5.39 Å². The number of aryl methyl sites for hydroxylation is 1. The van der Waals surface area contributed by atoms with Gasteiger partial charge in [-0.05, 0) is 18.6 Å². The molecule has 0 saturated heterocycles. The summed E-state index contributed by atoms with van der Waals surface area (Å²) in [4.78, 5) is 37.5. The van der Waals surface area contributed by atoms with Crippen LogP contribution in [0.5, 0.6) is 0 Å². The van der Waals surface area contributed by atoms with Gasteiger partial charge in [0.2, 0.25) is 5.76 Å². The third-order valence-electron chi connectivity index (χ3n) is 3.14. The first-order valence-corrected chi connectivity index (χ1v) is 5.82. The van der Waals surface area contributed by atoms with E-state index in [9.17, 15) is 14.4 Å². The molecular weight excluding hydrogens is 262 g/mol. The van der Waals surface area contributed by atoms with Crippen LogP contribution in [-0.2, 0) is 0 Å². The molecule has 2 N–H and O–H groups in total. The molecule has 1 aromatic carbocycles. The van der Waals surface area contributed by atoms with E-state index in [0.717, 1.165) is 11.6 Å². The van der Waals surface area contributed by atoms with Crippen LogP contribution in [-0.4, -0.2) is 16.1 Å². The average molecular weight is 271 g/mol. The van der Waals surface area contributed by atoms with E-state index in [0.29, 0.717) is 10.9 Å². The molecule has 100 valence electrons. The molecule has 0 fully saturated rings. The smallest absolute Gasteiger partial charge is 0.371 e. The number of pyridine rings is 1. The van der Waals surface area contributed by atoms with Crippen LogP contribution in [0.1, 0.15) is 16.1 Å². The molecule has 0 aliphatic rings. The SMILES string of the molecule is Cc1cccc2c1[nH]c(=O)c1c(=O)cc(C(=O)O)oc12. The molecular formula is C14H9NO5. The monoisotopic (exact) mass is 271 g/mol. The third kappa shape index (κ3) is 1.62. The molecule has 0 atom stereocenters. The van der Waals surface area contributed by atoms with Crippen molar-refractivity contribution in [3.05, 3.63) is 56.2 Å². The number of hydrogen-bond acceptors (Lipinski definition) is 4. The van der Waals surface area contributed by atoms with Crippen LogP contribution in [0.4, 0.5) is 0 Å². The van der Waals surface area contributed by atoms with Gasteiger partial charge in [-0.3, -0.25) is 9.59 Å². The fourth-order valence-electron chi connectivity index (χ4n) is 2.20. The van der Waals surface area contributed by atoms with Gasteiger partial charge in [-0.15, -0.1) is 0 Å². The fourth-order valence-corrected chi connectivity index (χ4v) is 2.20. The lowest BCUT2D eigenvalue weighted by Crippen LogP contribution is -2.17. The van der Waals surface area contributed by atoms with E-state index in [-0.39, 0.29) is 11.0 Å². The van der Waals surface area contributed by atoms with Crippen molar-refractivity contribution in [1.29, 1.82) is 0 Å². The van der Waals surface area contributed by atoms with E-state index >= 15 is 0 Å². The Kier molecular flexibility index (Phi) is 2.47. The van der Waals surface area contributed by atoms with E-state index in [4.69, 9.17) is 9.52 Å². The lowest BCUT2D eigenvalue weighted by Gasteiger charge is -2.05. The molecule has 0 aliphatic heterocycles. The minimum atomic E-state index is -1.36. The Morgan fingerprint density at radius 2 is 2.05 bits per heavy atom. The molecule has 0 amide bonds. The molecule has 0 unspecified atom stereocenters. The van der Waals surface area contributed by atoms with Gasteiger partial charge in [0.25, 0.3) is 5.56 Å². The van der Waals surface area contributed by atoms with Crippen molar-refractivity contribution < 1.29 is 14.3 Å². The minimum Gasteiger partial charge on any atom is -0.475 e. The van der Waals surface area contributed by atoms with Crippen molar-refractivity contribution in [2.45, 2.75) is 6.92 Å². The molecule has 6 heteroatoms. The van der Waals surface area contributed by atoms with Gasteiger partial charge in [-0.1, -0.05) is 12.1 Å². The zero-order valence-corrected chi connectivity index (χ0v) is 10.4. The normalized spacial score (nSPS) is 11.1. The quantitative estimate of drug-likeness (QED) is 0.655. The molecule has 20 heavy (non-hydrogen) atoms. The number of carboxylic acids is 1. The topological polar surface area (TPSA) is 100 Å². The van der Waals surface area contributed by atoms with Crippen molar-refractivity contribution in [3.63, 3.8) is 0 Å². The summed E-state index contributed by atoms with van der Waals surface area (Å²) in [6.45, 7) is 1.79. The van der Waals surface area contributed by atoms with Crippen LogP contribution >= 0.6 is 0 Å². The number of H-pyrrole nitrogens is 1. The second kappa shape index (κ2) is 4.06. The largest absolute Gasteiger partial charge is 0.475 e. The number of para-hydroxylation sites is 1. The van der Waals surface area contributed by atoms with E-state index < -0.39 is 22.7 Å². The third-order valence-corrected chi connectivity index (χ3v) is 3.14. The first-order chi connectivity index (χ1) is 9.49. The van der Waals surface area contributed by atoms with E-state index in [1.165, 1.54) is 0 Å². The average Bonchev–Trinajstić information content (AvgIpc) is 2.39. The summed E-state index contributed by atoms with van der Waals surface area (Å²) >= 11 is 0. The maximum Gasteiger partial charge on any atom is 0.371 e. The Labute approximate surface area is 111 Å². The molecule has 6 nitrogen and oxygen atoms in total. The van der Waals surface area contributed by atoms with Gasteiger partial charge in [-0.25, -0.2) is 4.79 Å². The summed E-state index contributed by atoms with van der Waals surface area (Å²) < 4.78 is 5.23. The number of carboxylic acid groups (broad SMARTS) is 1. The highest BCUT2D eigenvalue weighted by Crippen LogP contribution is 2.22. The number of nitrogens with one attached hydrogen (secondary N) is 1. The predicted octanol–water partition coefficient (Wildman–Crippen LogP) is 1.64. The van der Waals surface area contributed by atoms with Crippen LogP contribution in [0.25, 0.3) is 21.9 Å². The standard InChI is InChI=1S/C14H9NO5/c1-6-3-2-4-7-11(6)15-13(17)10-8(16)5-9(14(18)19)20-12(7)10/h2-5H,1H3,(H,15,17)(H,18,19). The van der Waals surface area contributed by atoms with Gasteiger partial charge < -0.3 is 14.5 Å². The minimum absolute atomic E-state index is 0.00245. The molecule has 0 aliphatic carbocycles. The van der Waals surface area contributed by atoms with Crippen molar-refractivity contribution in [1.82, 2.24) is 4.98 Å². The van der Waals surface area contributed by atoms with Crippen LogP contribution in [0, 0.1) is 6.92 Å². The highest BCUT2D eigenvalue weighted by Gasteiger charge is 2.16. The zero-order valence-electron chi connectivity index (χ0n) is 10.4. The summed E-state index contributed by atoms with van der Waals surface area (Å²) in [7, 11) is 0. The number of rotatable bonds is 1. The van der Waals surface area contributed by atoms with Crippen molar-refractivity contribution >= 4 is 27.8 Å². The summed E-state index contributed by atoms with van der Waals surface area (Å²) in [5.74, 6) is -1.85. The first-order valence-electron chi connectivity index (χ1n) is 5.82. The Balaban J connectivity index is 2.67. The number of aromatic nitrogens is 1. The molecule has 0 radical (unpaired) electrons. The highest BCUT2D eigenvalue weighted by atomic mass is 16.4. The molecule has 3 rings (SSSR count). The molecule has 2 aromatic heterocycles. The zero-order chi connectivity index (χ0) is 14.4. The Morgan fingerprint density at radius 3 is 2.75 bits per heavy atom. The van der Waals surface area contributed by atoms with Gasteiger partial charge >= 0.3 is 5.97 Å². The number of benzene rings is 1. The number of carbonyl (C=O) groups is 1. The Hall–Kier alpha value is -2.89. The first kappa shape index (κ1) is 12.2. The molecule has 0 bridgehead atoms. The number of fused-ring (bicyclic) bond motifs is 3. The summed E-state index contributed by atoms with van der Waals surface area (Å²) in [6.07, 6.45) is 0. The highest BCUT2D eigenvalue weighted by molar-refractivity contribution is 6.03. The van der Waals surface area contributed by atoms with Crippen molar-refractivity contribution in [2.24, 2.45) is 0 Å². The molecule has 3 aromatic rings. The maximum absolute atomic E-state index is 12.0. The maximum atomic E-state index is 12.0. The number of hydrogen-bond donors (Lipinski definition) is 2. The Morgan fingerprint density at radius 1 is 1.30 bits per heavy atom. The van der Waals surface area contributed by atoms with E-state index in [1.807, 2.05) is 0 Å². The second-order valence-corrected chi connectivity index (χ2v) is 4.44. The summed E-state index contributed by atoms with van der Waals surface area (Å²) in [5.41, 5.74) is 0.0544. The van der Waals surface area contributed by atoms with Gasteiger partial charge in [0, 0.05) is 11.5 Å². The van der Waals surface area contributed by atoms with E-state index in [2.05, 4.69) is 4.98 Å². The van der Waals surface area contributed by atoms with Crippen LogP contribution in [0.2, 0.25) is 0 Å².